The molecule has 1 heterocycles. The predicted molar refractivity (Wildman–Crippen MR) is 98.4 cm³/mol. The zero-order chi connectivity index (χ0) is 18.7. The van der Waals surface area contributed by atoms with E-state index in [9.17, 15) is 13.2 Å². The Balaban J connectivity index is 1.61. The molecule has 0 radical (unpaired) electrons. The third kappa shape index (κ3) is 4.50. The zero-order valence-corrected chi connectivity index (χ0v) is 15.8. The number of carbonyl (C=O) groups excluding carboxylic acids is 1. The van der Waals surface area contributed by atoms with Gasteiger partial charge in [-0.15, -0.1) is 0 Å². The van der Waals surface area contributed by atoms with Crippen molar-refractivity contribution >= 4 is 15.9 Å². The van der Waals surface area contributed by atoms with E-state index >= 15 is 0 Å². The van der Waals surface area contributed by atoms with Crippen molar-refractivity contribution in [1.29, 1.82) is 0 Å². The minimum atomic E-state index is -3.57. The zero-order valence-electron chi connectivity index (χ0n) is 15.0. The molecule has 0 aliphatic heterocycles. The molecule has 0 saturated heterocycles. The number of aryl methyl sites for hydroxylation is 3. The third-order valence-electron chi connectivity index (χ3n) is 4.45. The van der Waals surface area contributed by atoms with Gasteiger partial charge in [0.15, 0.2) is 0 Å². The fourth-order valence-corrected chi connectivity index (χ4v) is 4.02. The van der Waals surface area contributed by atoms with Gasteiger partial charge in [0.05, 0.1) is 4.90 Å². The summed E-state index contributed by atoms with van der Waals surface area (Å²) in [6.07, 6.45) is 6.16. The highest BCUT2D eigenvalue weighted by Crippen LogP contribution is 2.23. The highest BCUT2D eigenvalue weighted by Gasteiger charge is 2.28. The normalized spacial score (nSPS) is 14.4. The van der Waals surface area contributed by atoms with E-state index in [1.807, 2.05) is 17.7 Å². The van der Waals surface area contributed by atoms with Gasteiger partial charge in [0, 0.05) is 37.1 Å². The second-order valence-corrected chi connectivity index (χ2v) is 8.36. The topological polar surface area (TPSA) is 93.1 Å². The largest absolute Gasteiger partial charge is 0.352 e. The summed E-state index contributed by atoms with van der Waals surface area (Å²) in [5.41, 5.74) is 1.14. The van der Waals surface area contributed by atoms with Crippen LogP contribution >= 0.6 is 0 Å². The molecule has 1 aliphatic carbocycles. The molecule has 2 aromatic rings. The number of hydrogen-bond acceptors (Lipinski definition) is 4. The molecule has 26 heavy (non-hydrogen) atoms. The number of benzene rings is 1. The van der Waals surface area contributed by atoms with Crippen LogP contribution in [0.2, 0.25) is 0 Å². The van der Waals surface area contributed by atoms with E-state index in [4.69, 9.17) is 0 Å². The summed E-state index contributed by atoms with van der Waals surface area (Å²) in [5, 5.41) is 2.87. The van der Waals surface area contributed by atoms with Crippen LogP contribution in [-0.2, 0) is 16.6 Å². The molecule has 1 fully saturated rings. The first-order chi connectivity index (χ1) is 12.4. The minimum Gasteiger partial charge on any atom is -0.352 e. The molecular weight excluding hydrogens is 352 g/mol. The summed E-state index contributed by atoms with van der Waals surface area (Å²) < 4.78 is 29.3. The van der Waals surface area contributed by atoms with Crippen LogP contribution in [0.1, 0.15) is 41.0 Å². The van der Waals surface area contributed by atoms with E-state index in [2.05, 4.69) is 15.0 Å². The van der Waals surface area contributed by atoms with E-state index < -0.39 is 10.0 Å². The summed E-state index contributed by atoms with van der Waals surface area (Å²) in [5.74, 6) is 0.682. The first kappa shape index (κ1) is 18.6. The van der Waals surface area contributed by atoms with Crippen LogP contribution in [0, 0.1) is 13.8 Å². The summed E-state index contributed by atoms with van der Waals surface area (Å²) in [6, 6.07) is 4.70. The van der Waals surface area contributed by atoms with Crippen LogP contribution in [0.25, 0.3) is 0 Å². The number of carbonyl (C=O) groups is 1. The van der Waals surface area contributed by atoms with Gasteiger partial charge in [-0.3, -0.25) is 4.79 Å². The number of rotatable bonds is 8. The van der Waals surface area contributed by atoms with Crippen molar-refractivity contribution in [2.75, 3.05) is 6.54 Å². The minimum absolute atomic E-state index is 0.0326. The van der Waals surface area contributed by atoms with Crippen LogP contribution in [0.4, 0.5) is 0 Å². The smallest absolute Gasteiger partial charge is 0.251 e. The van der Waals surface area contributed by atoms with Gasteiger partial charge < -0.3 is 9.88 Å². The van der Waals surface area contributed by atoms with Crippen LogP contribution in [-0.4, -0.2) is 36.5 Å². The van der Waals surface area contributed by atoms with Crippen LogP contribution in [0.5, 0.6) is 0 Å². The Labute approximate surface area is 153 Å². The number of amides is 1. The first-order valence-electron chi connectivity index (χ1n) is 8.76. The monoisotopic (exact) mass is 376 g/mol. The highest BCUT2D eigenvalue weighted by molar-refractivity contribution is 7.89. The molecule has 1 aliphatic rings. The summed E-state index contributed by atoms with van der Waals surface area (Å²) in [4.78, 5) is 16.8. The third-order valence-corrected chi connectivity index (χ3v) is 5.97. The number of imidazole rings is 1. The van der Waals surface area contributed by atoms with Gasteiger partial charge in [0.2, 0.25) is 10.0 Å². The number of aromatic nitrogens is 2. The molecule has 8 heteroatoms. The van der Waals surface area contributed by atoms with Crippen LogP contribution < -0.4 is 10.0 Å². The predicted octanol–water partition coefficient (Wildman–Crippen LogP) is 1.76. The molecule has 0 spiro atoms. The number of sulfonamides is 1. The molecule has 0 atom stereocenters. The van der Waals surface area contributed by atoms with Crippen molar-refractivity contribution in [2.24, 2.45) is 0 Å². The van der Waals surface area contributed by atoms with Crippen molar-refractivity contribution in [2.45, 2.75) is 50.6 Å². The van der Waals surface area contributed by atoms with Crippen molar-refractivity contribution < 1.29 is 13.2 Å². The lowest BCUT2D eigenvalue weighted by Crippen LogP contribution is -2.28. The van der Waals surface area contributed by atoms with Gasteiger partial charge in [-0.25, -0.2) is 18.1 Å². The Hall–Kier alpha value is -2.19. The summed E-state index contributed by atoms with van der Waals surface area (Å²) in [6.45, 7) is 5.01. The fourth-order valence-electron chi connectivity index (χ4n) is 2.69. The van der Waals surface area contributed by atoms with Gasteiger partial charge in [-0.05, 0) is 50.8 Å². The Bertz CT molecular complexity index is 901. The van der Waals surface area contributed by atoms with Crippen LogP contribution in [0.3, 0.4) is 0 Å². The maximum Gasteiger partial charge on any atom is 0.251 e. The van der Waals surface area contributed by atoms with Crippen molar-refractivity contribution in [3.8, 4) is 0 Å². The Morgan fingerprint density at radius 2 is 2.08 bits per heavy atom. The Kier molecular flexibility index (Phi) is 5.43. The van der Waals surface area contributed by atoms with E-state index in [0.717, 1.165) is 37.2 Å². The number of nitrogens with zero attached hydrogens (tertiary/aromatic N) is 2. The van der Waals surface area contributed by atoms with Gasteiger partial charge in [-0.1, -0.05) is 6.07 Å². The molecular formula is C18H24N4O3S. The molecule has 3 rings (SSSR count). The average Bonchev–Trinajstić information content (AvgIpc) is 3.30. The van der Waals surface area contributed by atoms with Crippen LogP contribution in [0.15, 0.2) is 35.5 Å². The molecule has 7 nitrogen and oxygen atoms in total. The quantitative estimate of drug-likeness (QED) is 0.687. The summed E-state index contributed by atoms with van der Waals surface area (Å²) >= 11 is 0. The number of hydrogen-bond donors (Lipinski definition) is 2. The standard InChI is InChI=1S/C18H24N4O3S/c1-13-4-7-16(26(24,25)21-15-5-6-15)12-17(13)18(23)20-8-3-10-22-11-9-19-14(22)2/h4,7,9,11-12,15,21H,3,5-6,8,10H2,1-2H3,(H,20,23). The average molecular weight is 376 g/mol. The lowest BCUT2D eigenvalue weighted by atomic mass is 10.1. The van der Waals surface area contributed by atoms with Crippen molar-refractivity contribution in [3.05, 3.63) is 47.5 Å². The fraction of sp³-hybridized carbons (Fsp3) is 0.444. The SMILES string of the molecule is Cc1ccc(S(=O)(=O)NC2CC2)cc1C(=O)NCCCn1ccnc1C. The van der Waals surface area contributed by atoms with E-state index in [-0.39, 0.29) is 16.8 Å². The second-order valence-electron chi connectivity index (χ2n) is 6.65. The maximum absolute atomic E-state index is 12.5. The lowest BCUT2D eigenvalue weighted by Gasteiger charge is -2.11. The maximum atomic E-state index is 12.5. The molecule has 2 N–H and O–H groups in total. The molecule has 0 unspecified atom stereocenters. The van der Waals surface area contributed by atoms with Gasteiger partial charge in [0.1, 0.15) is 5.82 Å². The molecule has 140 valence electrons. The summed E-state index contributed by atoms with van der Waals surface area (Å²) in [7, 11) is -3.57. The van der Waals surface area contributed by atoms with E-state index in [0.29, 0.717) is 12.1 Å². The lowest BCUT2D eigenvalue weighted by molar-refractivity contribution is 0.0952. The second kappa shape index (κ2) is 7.59. The highest BCUT2D eigenvalue weighted by atomic mass is 32.2. The molecule has 1 saturated carbocycles. The molecule has 1 amide bonds. The first-order valence-corrected chi connectivity index (χ1v) is 10.2. The van der Waals surface area contributed by atoms with E-state index in [1.54, 1.807) is 25.3 Å². The van der Waals surface area contributed by atoms with Crippen molar-refractivity contribution in [3.63, 3.8) is 0 Å². The molecule has 0 bridgehead atoms. The van der Waals surface area contributed by atoms with E-state index in [1.165, 1.54) is 6.07 Å². The van der Waals surface area contributed by atoms with Crippen molar-refractivity contribution in [1.82, 2.24) is 19.6 Å². The van der Waals surface area contributed by atoms with Gasteiger partial charge in [0.25, 0.3) is 5.91 Å². The Morgan fingerprint density at radius 1 is 1.31 bits per heavy atom. The molecule has 1 aromatic heterocycles. The Morgan fingerprint density at radius 3 is 2.73 bits per heavy atom. The van der Waals surface area contributed by atoms with Gasteiger partial charge >= 0.3 is 0 Å². The molecule has 1 aromatic carbocycles. The van der Waals surface area contributed by atoms with Gasteiger partial charge in [-0.2, -0.15) is 0 Å². The number of nitrogens with one attached hydrogen (secondary N) is 2.